The summed E-state index contributed by atoms with van der Waals surface area (Å²) in [4.78, 5) is 0.358. The summed E-state index contributed by atoms with van der Waals surface area (Å²) in [5.41, 5.74) is 0.845. The lowest BCUT2D eigenvalue weighted by atomic mass is 10.2. The lowest BCUT2D eigenvalue weighted by Gasteiger charge is -2.27. The van der Waals surface area contributed by atoms with E-state index in [2.05, 4.69) is 6.92 Å². The largest absolute Gasteiger partial charge is 0.349 e. The number of hydrogen-bond donors (Lipinski definition) is 0. The molecule has 1 rings (SSSR count). The topological polar surface area (TPSA) is 42.3 Å². The molecule has 6 heteroatoms. The number of rotatable bonds is 9. The summed E-state index contributed by atoms with van der Waals surface area (Å²) in [7, 11) is -3.45. The highest BCUT2D eigenvalue weighted by atomic mass is 35.5. The van der Waals surface area contributed by atoms with Crippen molar-refractivity contribution in [2.24, 2.45) is 0 Å². The highest BCUT2D eigenvalue weighted by molar-refractivity contribution is 7.89. The van der Waals surface area contributed by atoms with Crippen LogP contribution >= 0.6 is 11.6 Å². The number of halogens is 1. The third-order valence-corrected chi connectivity index (χ3v) is 6.11. The fourth-order valence-corrected chi connectivity index (χ4v) is 4.34. The first-order chi connectivity index (χ1) is 9.92. The molecule has 1 heterocycles. The van der Waals surface area contributed by atoms with Crippen molar-refractivity contribution in [2.75, 3.05) is 6.54 Å². The van der Waals surface area contributed by atoms with Crippen LogP contribution in [0.3, 0.4) is 0 Å². The molecule has 4 nitrogen and oxygen atoms in total. The predicted octanol–water partition coefficient (Wildman–Crippen LogP) is 3.84. The molecule has 0 radical (unpaired) electrons. The molecule has 21 heavy (non-hydrogen) atoms. The number of unbranched alkanes of at least 4 members (excludes halogenated alkanes) is 1. The second-order valence-corrected chi connectivity index (χ2v) is 7.47. The molecule has 1 atom stereocenters. The highest BCUT2D eigenvalue weighted by Gasteiger charge is 2.29. The first kappa shape index (κ1) is 18.5. The molecule has 122 valence electrons. The molecule has 1 unspecified atom stereocenters. The van der Waals surface area contributed by atoms with Gasteiger partial charge in [0.2, 0.25) is 10.0 Å². The summed E-state index contributed by atoms with van der Waals surface area (Å²) < 4.78 is 29.3. The van der Waals surface area contributed by atoms with Gasteiger partial charge in [-0.2, -0.15) is 4.31 Å². The van der Waals surface area contributed by atoms with E-state index in [4.69, 9.17) is 11.6 Å². The summed E-state index contributed by atoms with van der Waals surface area (Å²) in [5.74, 6) is 0.321. The molecule has 0 fully saturated rings. The van der Waals surface area contributed by atoms with Gasteiger partial charge in [-0.1, -0.05) is 20.3 Å². The molecule has 0 saturated heterocycles. The zero-order chi connectivity index (χ0) is 16.0. The summed E-state index contributed by atoms with van der Waals surface area (Å²) in [6.45, 7) is 9.32. The van der Waals surface area contributed by atoms with E-state index in [0.29, 0.717) is 17.3 Å². The SMILES string of the molecule is CCCCN(C(C)CC)S(=O)(=O)c1cc(CCl)n(CC)c1. The molecule has 0 saturated carbocycles. The van der Waals surface area contributed by atoms with Crippen LogP contribution in [-0.4, -0.2) is 29.9 Å². The standard InChI is InChI=1S/C15H27ClN2O2S/c1-5-8-9-18(13(4)6-2)21(19,20)15-10-14(11-16)17(7-3)12-15/h10,12-13H,5-9,11H2,1-4H3. The lowest BCUT2D eigenvalue weighted by Crippen LogP contribution is -2.38. The Morgan fingerprint density at radius 2 is 2.00 bits per heavy atom. The van der Waals surface area contributed by atoms with Crippen molar-refractivity contribution in [3.05, 3.63) is 18.0 Å². The van der Waals surface area contributed by atoms with E-state index in [1.54, 1.807) is 16.6 Å². The highest BCUT2D eigenvalue weighted by Crippen LogP contribution is 2.23. The predicted molar refractivity (Wildman–Crippen MR) is 88.2 cm³/mol. The zero-order valence-electron chi connectivity index (χ0n) is 13.5. The van der Waals surface area contributed by atoms with Crippen molar-refractivity contribution < 1.29 is 8.42 Å². The van der Waals surface area contributed by atoms with E-state index >= 15 is 0 Å². The normalized spacial score (nSPS) is 13.8. The minimum Gasteiger partial charge on any atom is -0.349 e. The third-order valence-electron chi connectivity index (χ3n) is 3.86. The van der Waals surface area contributed by atoms with Crippen LogP contribution in [0.4, 0.5) is 0 Å². The number of hydrogen-bond acceptors (Lipinski definition) is 2. The summed E-state index contributed by atoms with van der Waals surface area (Å²) in [6, 6.07) is 1.71. The molecule has 0 bridgehead atoms. The van der Waals surface area contributed by atoms with Crippen LogP contribution in [0.2, 0.25) is 0 Å². The van der Waals surface area contributed by atoms with Crippen molar-refractivity contribution in [3.63, 3.8) is 0 Å². The lowest BCUT2D eigenvalue weighted by molar-refractivity contribution is 0.324. The van der Waals surface area contributed by atoms with Gasteiger partial charge in [0.05, 0.1) is 5.88 Å². The third kappa shape index (κ3) is 4.24. The molecule has 0 spiro atoms. The van der Waals surface area contributed by atoms with Gasteiger partial charge in [-0.3, -0.25) is 0 Å². The number of aromatic nitrogens is 1. The Balaban J connectivity index is 3.18. The number of alkyl halides is 1. The van der Waals surface area contributed by atoms with Gasteiger partial charge < -0.3 is 4.57 Å². The minimum atomic E-state index is -3.45. The van der Waals surface area contributed by atoms with Crippen molar-refractivity contribution in [1.29, 1.82) is 0 Å². The fourth-order valence-electron chi connectivity index (χ4n) is 2.30. The maximum absolute atomic E-state index is 12.9. The Morgan fingerprint density at radius 1 is 1.33 bits per heavy atom. The maximum atomic E-state index is 12.9. The Bertz CT molecular complexity index is 518. The molecule has 0 aliphatic rings. The van der Waals surface area contributed by atoms with Crippen molar-refractivity contribution in [1.82, 2.24) is 8.87 Å². The van der Waals surface area contributed by atoms with E-state index in [0.717, 1.165) is 31.5 Å². The number of nitrogens with zero attached hydrogens (tertiary/aromatic N) is 2. The molecular weight excluding hydrogens is 308 g/mol. The Hall–Kier alpha value is -0.520. The second-order valence-electron chi connectivity index (χ2n) is 5.31. The molecule has 0 amide bonds. The van der Waals surface area contributed by atoms with Crippen molar-refractivity contribution in [3.8, 4) is 0 Å². The Morgan fingerprint density at radius 3 is 2.43 bits per heavy atom. The van der Waals surface area contributed by atoms with Gasteiger partial charge in [0.1, 0.15) is 4.90 Å². The van der Waals surface area contributed by atoms with E-state index in [1.807, 2.05) is 25.3 Å². The Kier molecular flexibility index (Phi) is 7.24. The second kappa shape index (κ2) is 8.20. The molecule has 1 aromatic heterocycles. The van der Waals surface area contributed by atoms with E-state index in [9.17, 15) is 8.42 Å². The van der Waals surface area contributed by atoms with E-state index < -0.39 is 10.0 Å². The van der Waals surface area contributed by atoms with Crippen LogP contribution in [0.5, 0.6) is 0 Å². The van der Waals surface area contributed by atoms with Crippen LogP contribution in [0.15, 0.2) is 17.2 Å². The van der Waals surface area contributed by atoms with E-state index in [1.165, 1.54) is 0 Å². The summed E-state index contributed by atoms with van der Waals surface area (Å²) >= 11 is 5.90. The smallest absolute Gasteiger partial charge is 0.244 e. The van der Waals surface area contributed by atoms with Crippen LogP contribution in [0, 0.1) is 0 Å². The van der Waals surface area contributed by atoms with Gasteiger partial charge >= 0.3 is 0 Å². The van der Waals surface area contributed by atoms with Gasteiger partial charge in [0.15, 0.2) is 0 Å². The van der Waals surface area contributed by atoms with Crippen LogP contribution in [0.1, 0.15) is 52.7 Å². The van der Waals surface area contributed by atoms with Crippen LogP contribution in [-0.2, 0) is 22.4 Å². The van der Waals surface area contributed by atoms with Gasteiger partial charge in [-0.25, -0.2) is 8.42 Å². The average molecular weight is 335 g/mol. The molecule has 0 aliphatic carbocycles. The van der Waals surface area contributed by atoms with Crippen LogP contribution < -0.4 is 0 Å². The molecule has 0 aromatic carbocycles. The Labute approximate surface area is 134 Å². The zero-order valence-corrected chi connectivity index (χ0v) is 15.0. The minimum absolute atomic E-state index is 0.00554. The van der Waals surface area contributed by atoms with Gasteiger partial charge in [-0.15, -0.1) is 11.6 Å². The first-order valence-corrected chi connectivity index (χ1v) is 9.66. The van der Waals surface area contributed by atoms with Crippen molar-refractivity contribution in [2.45, 2.75) is 70.3 Å². The maximum Gasteiger partial charge on any atom is 0.244 e. The monoisotopic (exact) mass is 334 g/mol. The summed E-state index contributed by atoms with van der Waals surface area (Å²) in [5, 5.41) is 0. The van der Waals surface area contributed by atoms with Gasteiger partial charge in [0.25, 0.3) is 0 Å². The average Bonchev–Trinajstić information content (AvgIpc) is 2.91. The molecule has 0 aliphatic heterocycles. The molecule has 1 aromatic rings. The first-order valence-electron chi connectivity index (χ1n) is 7.69. The van der Waals surface area contributed by atoms with Gasteiger partial charge in [0, 0.05) is 31.0 Å². The molecule has 0 N–H and O–H groups in total. The number of aryl methyl sites for hydroxylation is 1. The van der Waals surface area contributed by atoms with Crippen LogP contribution in [0.25, 0.3) is 0 Å². The summed E-state index contributed by atoms with van der Waals surface area (Å²) in [6.07, 6.45) is 4.36. The van der Waals surface area contributed by atoms with E-state index in [-0.39, 0.29) is 6.04 Å². The fraction of sp³-hybridized carbons (Fsp3) is 0.733. The quantitative estimate of drug-likeness (QED) is 0.644. The van der Waals surface area contributed by atoms with Crippen molar-refractivity contribution >= 4 is 21.6 Å². The molecular formula is C15H27ClN2O2S. The van der Waals surface area contributed by atoms with Gasteiger partial charge in [-0.05, 0) is 32.8 Å². The number of sulfonamides is 1.